The number of carbonyl (C=O) groups excluding carboxylic acids is 2. The first-order valence-corrected chi connectivity index (χ1v) is 4.84. The fourth-order valence-corrected chi connectivity index (χ4v) is 1.03. The number of hydrogen-bond donors (Lipinski definition) is 0. The zero-order valence-corrected chi connectivity index (χ0v) is 8.99. The highest BCUT2D eigenvalue weighted by Crippen LogP contribution is 2.11. The van der Waals surface area contributed by atoms with Crippen molar-refractivity contribution in [3.05, 3.63) is 0 Å². The minimum absolute atomic E-state index is 0.0301. The van der Waals surface area contributed by atoms with E-state index in [4.69, 9.17) is 14.7 Å². The lowest BCUT2D eigenvalue weighted by Gasteiger charge is -2.11. The Bertz CT molecular complexity index is 257. The average Bonchev–Trinajstić information content (AvgIpc) is 2.18. The Balaban J connectivity index is 4.21. The number of ether oxygens (including phenoxy) is 2. The van der Waals surface area contributed by atoms with E-state index in [1.165, 1.54) is 0 Å². The molecule has 15 heavy (non-hydrogen) atoms. The van der Waals surface area contributed by atoms with Crippen molar-refractivity contribution in [1.82, 2.24) is 0 Å². The van der Waals surface area contributed by atoms with E-state index in [-0.39, 0.29) is 26.1 Å². The largest absolute Gasteiger partial charge is 0.466 e. The summed E-state index contributed by atoms with van der Waals surface area (Å²) in [5, 5.41) is 8.49. The van der Waals surface area contributed by atoms with Gasteiger partial charge in [0.25, 0.3) is 0 Å². The molecular weight excluding hydrogens is 198 g/mol. The smallest absolute Gasteiger partial charge is 0.310 e. The Morgan fingerprint density at radius 3 is 2.33 bits per heavy atom. The van der Waals surface area contributed by atoms with E-state index in [2.05, 4.69) is 0 Å². The molecule has 0 radical (unpaired) electrons. The van der Waals surface area contributed by atoms with E-state index < -0.39 is 17.9 Å². The van der Waals surface area contributed by atoms with Gasteiger partial charge in [-0.1, -0.05) is 0 Å². The topological polar surface area (TPSA) is 76.4 Å². The van der Waals surface area contributed by atoms with E-state index in [9.17, 15) is 9.59 Å². The third kappa shape index (κ3) is 5.68. The lowest BCUT2D eigenvalue weighted by molar-refractivity contribution is -0.154. The van der Waals surface area contributed by atoms with Gasteiger partial charge in [0.2, 0.25) is 0 Å². The molecule has 0 aromatic rings. The van der Waals surface area contributed by atoms with Crippen LogP contribution in [0.15, 0.2) is 0 Å². The van der Waals surface area contributed by atoms with Gasteiger partial charge >= 0.3 is 11.9 Å². The standard InChI is InChI=1S/C10H15NO4/c1-3-14-9(12)7-8(5-6-11)10(13)15-4-2/h8H,3-5,7H2,1-2H3. The first kappa shape index (κ1) is 13.4. The summed E-state index contributed by atoms with van der Waals surface area (Å²) in [7, 11) is 0. The van der Waals surface area contributed by atoms with Gasteiger partial charge in [0.15, 0.2) is 0 Å². The van der Waals surface area contributed by atoms with Crippen LogP contribution >= 0.6 is 0 Å². The summed E-state index contributed by atoms with van der Waals surface area (Å²) in [5.74, 6) is -1.72. The van der Waals surface area contributed by atoms with Crippen molar-refractivity contribution in [3.63, 3.8) is 0 Å². The van der Waals surface area contributed by atoms with E-state index in [1.807, 2.05) is 6.07 Å². The molecule has 0 N–H and O–H groups in total. The zero-order valence-electron chi connectivity index (χ0n) is 8.99. The number of rotatable bonds is 6. The van der Waals surface area contributed by atoms with Crippen LogP contribution in [0.2, 0.25) is 0 Å². The molecule has 0 aliphatic rings. The number of nitriles is 1. The van der Waals surface area contributed by atoms with Crippen LogP contribution in [0.1, 0.15) is 26.7 Å². The van der Waals surface area contributed by atoms with Gasteiger partial charge in [-0.3, -0.25) is 9.59 Å². The number of nitrogens with zero attached hydrogens (tertiary/aromatic N) is 1. The van der Waals surface area contributed by atoms with Gasteiger partial charge in [-0.05, 0) is 13.8 Å². The van der Waals surface area contributed by atoms with E-state index in [0.29, 0.717) is 0 Å². The maximum Gasteiger partial charge on any atom is 0.310 e. The fraction of sp³-hybridized carbons (Fsp3) is 0.700. The van der Waals surface area contributed by atoms with Crippen molar-refractivity contribution >= 4 is 11.9 Å². The summed E-state index contributed by atoms with van der Waals surface area (Å²) in [5.41, 5.74) is 0. The van der Waals surface area contributed by atoms with Gasteiger partial charge in [0.1, 0.15) is 0 Å². The van der Waals surface area contributed by atoms with Gasteiger partial charge < -0.3 is 9.47 Å². The molecule has 0 rings (SSSR count). The van der Waals surface area contributed by atoms with Gasteiger partial charge in [-0.25, -0.2) is 0 Å². The summed E-state index contributed by atoms with van der Waals surface area (Å²) in [6.07, 6.45) is -0.127. The number of esters is 2. The quantitative estimate of drug-likeness (QED) is 0.616. The second-order valence-corrected chi connectivity index (χ2v) is 2.82. The average molecular weight is 213 g/mol. The molecule has 0 saturated heterocycles. The molecule has 0 aliphatic heterocycles. The highest BCUT2D eigenvalue weighted by molar-refractivity contribution is 5.80. The van der Waals surface area contributed by atoms with Crippen LogP contribution in [-0.2, 0) is 19.1 Å². The van der Waals surface area contributed by atoms with Gasteiger partial charge in [0, 0.05) is 6.42 Å². The summed E-state index contributed by atoms with van der Waals surface area (Å²) in [4.78, 5) is 22.4. The Labute approximate surface area is 89.0 Å². The minimum Gasteiger partial charge on any atom is -0.466 e. The Morgan fingerprint density at radius 1 is 1.27 bits per heavy atom. The molecule has 0 aromatic carbocycles. The maximum absolute atomic E-state index is 11.3. The molecule has 0 fully saturated rings. The Kier molecular flexibility index (Phi) is 6.98. The minimum atomic E-state index is -0.714. The Hall–Kier alpha value is -1.57. The highest BCUT2D eigenvalue weighted by Gasteiger charge is 2.23. The number of carbonyl (C=O) groups is 2. The molecule has 0 heterocycles. The molecule has 1 unspecified atom stereocenters. The monoisotopic (exact) mass is 213 g/mol. The first-order valence-electron chi connectivity index (χ1n) is 4.84. The zero-order chi connectivity index (χ0) is 11.7. The van der Waals surface area contributed by atoms with E-state index in [1.54, 1.807) is 13.8 Å². The van der Waals surface area contributed by atoms with Crippen LogP contribution in [0.25, 0.3) is 0 Å². The molecule has 0 aromatic heterocycles. The molecule has 1 atom stereocenters. The third-order valence-electron chi connectivity index (χ3n) is 1.68. The van der Waals surface area contributed by atoms with Crippen molar-refractivity contribution in [2.75, 3.05) is 13.2 Å². The first-order chi connectivity index (χ1) is 7.15. The molecule has 0 aliphatic carbocycles. The normalized spacial score (nSPS) is 11.3. The van der Waals surface area contributed by atoms with Crippen molar-refractivity contribution in [3.8, 4) is 6.07 Å². The van der Waals surface area contributed by atoms with Crippen LogP contribution < -0.4 is 0 Å². The predicted octanol–water partition coefficient (Wildman–Crippen LogP) is 1.03. The lowest BCUT2D eigenvalue weighted by atomic mass is 10.0. The fourth-order valence-electron chi connectivity index (χ4n) is 1.03. The number of hydrogen-bond acceptors (Lipinski definition) is 5. The van der Waals surface area contributed by atoms with E-state index >= 15 is 0 Å². The molecule has 0 bridgehead atoms. The van der Waals surface area contributed by atoms with Crippen molar-refractivity contribution in [2.45, 2.75) is 26.7 Å². The van der Waals surface area contributed by atoms with Crippen LogP contribution in [0, 0.1) is 17.2 Å². The summed E-state index contributed by atoms with van der Waals surface area (Å²) >= 11 is 0. The van der Waals surface area contributed by atoms with Gasteiger partial charge in [0.05, 0.1) is 31.6 Å². The SMILES string of the molecule is CCOC(=O)CC(CC#N)C(=O)OCC. The van der Waals surface area contributed by atoms with Crippen molar-refractivity contribution < 1.29 is 19.1 Å². The van der Waals surface area contributed by atoms with Gasteiger partial charge in [-0.15, -0.1) is 0 Å². The molecule has 0 spiro atoms. The maximum atomic E-state index is 11.3. The van der Waals surface area contributed by atoms with Crippen LogP contribution in [0.3, 0.4) is 0 Å². The summed E-state index contributed by atoms with van der Waals surface area (Å²) < 4.78 is 9.43. The second-order valence-electron chi connectivity index (χ2n) is 2.82. The van der Waals surface area contributed by atoms with Crippen molar-refractivity contribution in [1.29, 1.82) is 5.26 Å². The van der Waals surface area contributed by atoms with Crippen molar-refractivity contribution in [2.24, 2.45) is 5.92 Å². The molecular formula is C10H15NO4. The third-order valence-corrected chi connectivity index (χ3v) is 1.68. The van der Waals surface area contributed by atoms with Crippen LogP contribution in [-0.4, -0.2) is 25.2 Å². The molecule has 0 amide bonds. The second kappa shape index (κ2) is 7.80. The van der Waals surface area contributed by atoms with Crippen LogP contribution in [0.5, 0.6) is 0 Å². The predicted molar refractivity (Wildman–Crippen MR) is 51.6 cm³/mol. The lowest BCUT2D eigenvalue weighted by Crippen LogP contribution is -2.21. The van der Waals surface area contributed by atoms with Gasteiger partial charge in [-0.2, -0.15) is 5.26 Å². The molecule has 5 heteroatoms. The molecule has 5 nitrogen and oxygen atoms in total. The summed E-state index contributed by atoms with van der Waals surface area (Å²) in [6.45, 7) is 3.86. The highest BCUT2D eigenvalue weighted by atomic mass is 16.5. The molecule has 84 valence electrons. The van der Waals surface area contributed by atoms with E-state index in [0.717, 1.165) is 0 Å². The summed E-state index contributed by atoms with van der Waals surface area (Å²) in [6, 6.07) is 1.85. The molecule has 0 saturated carbocycles. The Morgan fingerprint density at radius 2 is 1.87 bits per heavy atom. The van der Waals surface area contributed by atoms with Crippen LogP contribution in [0.4, 0.5) is 0 Å².